The zero-order valence-corrected chi connectivity index (χ0v) is 22.3. The third kappa shape index (κ3) is 6.16. The first-order valence-electron chi connectivity index (χ1n) is 11.6. The van der Waals surface area contributed by atoms with E-state index < -0.39 is 0 Å². The zero-order chi connectivity index (χ0) is 25.7. The fourth-order valence-electron chi connectivity index (χ4n) is 3.61. The second-order valence-corrected chi connectivity index (χ2v) is 10.2. The third-order valence-corrected chi connectivity index (χ3v) is 7.25. The molecule has 1 fully saturated rings. The van der Waals surface area contributed by atoms with Crippen molar-refractivity contribution >= 4 is 69.2 Å². The fourth-order valence-corrected chi connectivity index (χ4v) is 5.15. The van der Waals surface area contributed by atoms with Gasteiger partial charge in [0.05, 0.1) is 15.6 Å². The van der Waals surface area contributed by atoms with Crippen LogP contribution in [0.15, 0.2) is 71.6 Å². The number of halogens is 1. The summed E-state index contributed by atoms with van der Waals surface area (Å²) < 4.78 is 6.09. The van der Waals surface area contributed by atoms with Crippen molar-refractivity contribution in [3.63, 3.8) is 0 Å². The lowest BCUT2D eigenvalue weighted by Gasteiger charge is -2.14. The molecule has 5 nitrogen and oxygen atoms in total. The monoisotopic (exact) mass is 536 g/mol. The summed E-state index contributed by atoms with van der Waals surface area (Å²) in [6.45, 7) is 3.98. The van der Waals surface area contributed by atoms with E-state index in [1.54, 1.807) is 29.2 Å². The molecule has 36 heavy (non-hydrogen) atoms. The van der Waals surface area contributed by atoms with Gasteiger partial charge in [0.2, 0.25) is 0 Å². The number of carbonyl (C=O) groups excluding carboxylic acids is 2. The van der Waals surface area contributed by atoms with E-state index in [1.807, 2.05) is 48.5 Å². The maximum absolute atomic E-state index is 13.0. The lowest BCUT2D eigenvalue weighted by atomic mass is 10.1. The highest BCUT2D eigenvalue weighted by atomic mass is 35.5. The smallest absolute Gasteiger partial charge is 0.270 e. The topological polar surface area (TPSA) is 58.6 Å². The van der Waals surface area contributed by atoms with E-state index in [0.717, 1.165) is 24.1 Å². The van der Waals surface area contributed by atoms with Crippen LogP contribution in [0.3, 0.4) is 0 Å². The van der Waals surface area contributed by atoms with Crippen LogP contribution in [0.25, 0.3) is 6.08 Å². The van der Waals surface area contributed by atoms with Crippen LogP contribution >= 0.6 is 35.6 Å². The molecule has 1 saturated heterocycles. The molecule has 1 heterocycles. The number of ether oxygens (including phenoxy) is 1. The number of nitrogens with zero attached hydrogens (tertiary/aromatic N) is 1. The normalized spacial score (nSPS) is 14.4. The first kappa shape index (κ1) is 25.9. The van der Waals surface area contributed by atoms with Crippen molar-refractivity contribution < 1.29 is 14.3 Å². The predicted molar refractivity (Wildman–Crippen MR) is 153 cm³/mol. The van der Waals surface area contributed by atoms with Crippen LogP contribution in [0.2, 0.25) is 5.02 Å². The number of anilines is 2. The average Bonchev–Trinajstić information content (AvgIpc) is 3.16. The maximum atomic E-state index is 13.0. The van der Waals surface area contributed by atoms with E-state index in [4.69, 9.17) is 28.6 Å². The van der Waals surface area contributed by atoms with E-state index in [1.165, 1.54) is 22.9 Å². The van der Waals surface area contributed by atoms with Gasteiger partial charge in [-0.2, -0.15) is 0 Å². The summed E-state index contributed by atoms with van der Waals surface area (Å²) >= 11 is 13.1. The molecule has 1 aliphatic rings. The number of carbonyl (C=O) groups is 2. The highest BCUT2D eigenvalue weighted by Gasteiger charge is 2.33. The van der Waals surface area contributed by atoms with Crippen molar-refractivity contribution in [3.05, 3.63) is 93.3 Å². The molecule has 0 aromatic heterocycles. The molecule has 1 N–H and O–H groups in total. The number of hydrogen-bond acceptors (Lipinski definition) is 5. The van der Waals surface area contributed by atoms with Crippen molar-refractivity contribution in [3.8, 4) is 5.75 Å². The standard InChI is InChI=1S/C28H25ClN2O3S2/c1-3-18-5-10-21(11-6-18)30-26(32)17-34-24-14-9-20(15-23(24)29)16-25-27(33)31(28(35)36-25)22-12-7-19(4-2)8-13-22/h5-16H,3-4,17H2,1-2H3,(H,30,32)/b25-16-. The summed E-state index contributed by atoms with van der Waals surface area (Å²) in [6.07, 6.45) is 3.62. The van der Waals surface area contributed by atoms with Crippen molar-refractivity contribution in [1.29, 1.82) is 0 Å². The van der Waals surface area contributed by atoms with Crippen molar-refractivity contribution in [2.45, 2.75) is 26.7 Å². The molecule has 3 aromatic carbocycles. The Labute approximate surface area is 225 Å². The number of aryl methyl sites for hydroxylation is 2. The Morgan fingerprint density at radius 3 is 2.28 bits per heavy atom. The first-order valence-corrected chi connectivity index (χ1v) is 13.2. The molecular formula is C28H25ClN2O3S2. The number of amides is 2. The van der Waals surface area contributed by atoms with Crippen molar-refractivity contribution in [2.24, 2.45) is 0 Å². The van der Waals surface area contributed by atoms with Gasteiger partial charge in [0.1, 0.15) is 5.75 Å². The number of thioether (sulfide) groups is 1. The van der Waals surface area contributed by atoms with Gasteiger partial charge in [-0.05, 0) is 72.0 Å². The van der Waals surface area contributed by atoms with Gasteiger partial charge in [0, 0.05) is 5.69 Å². The van der Waals surface area contributed by atoms with Crippen LogP contribution in [0.1, 0.15) is 30.5 Å². The highest BCUT2D eigenvalue weighted by molar-refractivity contribution is 8.27. The van der Waals surface area contributed by atoms with E-state index in [-0.39, 0.29) is 18.4 Å². The molecule has 1 aliphatic heterocycles. The van der Waals surface area contributed by atoms with E-state index in [9.17, 15) is 9.59 Å². The Bertz CT molecular complexity index is 1320. The third-order valence-electron chi connectivity index (χ3n) is 5.65. The lowest BCUT2D eigenvalue weighted by Crippen LogP contribution is -2.27. The molecule has 4 rings (SSSR count). The summed E-state index contributed by atoms with van der Waals surface area (Å²) in [5, 5.41) is 3.14. The minimum atomic E-state index is -0.282. The number of nitrogens with one attached hydrogen (secondary N) is 1. The van der Waals surface area contributed by atoms with Crippen LogP contribution in [0.5, 0.6) is 5.75 Å². The summed E-state index contributed by atoms with van der Waals surface area (Å²) in [5.41, 5.74) is 4.58. The van der Waals surface area contributed by atoms with Crippen LogP contribution in [-0.2, 0) is 22.4 Å². The minimum absolute atomic E-state index is 0.172. The summed E-state index contributed by atoms with van der Waals surface area (Å²) in [4.78, 5) is 27.3. The Balaban J connectivity index is 1.39. The zero-order valence-electron chi connectivity index (χ0n) is 19.9. The number of thiocarbonyl (C=S) groups is 1. The van der Waals surface area contributed by atoms with Crippen molar-refractivity contribution in [2.75, 3.05) is 16.8 Å². The summed E-state index contributed by atoms with van der Waals surface area (Å²) in [6, 6.07) is 20.6. The molecular weight excluding hydrogens is 512 g/mol. The fraction of sp³-hybridized carbons (Fsp3) is 0.179. The molecule has 0 aliphatic carbocycles. The molecule has 8 heteroatoms. The summed E-state index contributed by atoms with van der Waals surface area (Å²) in [5.74, 6) is -0.0711. The largest absolute Gasteiger partial charge is 0.482 e. The van der Waals surface area contributed by atoms with Crippen LogP contribution in [0, 0.1) is 0 Å². The van der Waals surface area contributed by atoms with Gasteiger partial charge >= 0.3 is 0 Å². The minimum Gasteiger partial charge on any atom is -0.482 e. The van der Waals surface area contributed by atoms with E-state index in [0.29, 0.717) is 25.7 Å². The number of hydrogen-bond donors (Lipinski definition) is 1. The molecule has 184 valence electrons. The Kier molecular flexibility index (Phi) is 8.46. The first-order chi connectivity index (χ1) is 17.4. The average molecular weight is 537 g/mol. The predicted octanol–water partition coefficient (Wildman–Crippen LogP) is 6.89. The van der Waals surface area contributed by atoms with Gasteiger partial charge in [0.25, 0.3) is 11.8 Å². The Hall–Kier alpha value is -3.13. The van der Waals surface area contributed by atoms with Crippen LogP contribution in [-0.4, -0.2) is 22.7 Å². The van der Waals surface area contributed by atoms with Gasteiger partial charge in [-0.1, -0.05) is 79.8 Å². The lowest BCUT2D eigenvalue weighted by molar-refractivity contribution is -0.118. The number of rotatable bonds is 8. The van der Waals surface area contributed by atoms with Gasteiger partial charge in [-0.15, -0.1) is 0 Å². The van der Waals surface area contributed by atoms with Gasteiger partial charge < -0.3 is 10.1 Å². The molecule has 0 saturated carbocycles. The molecule has 0 bridgehead atoms. The summed E-state index contributed by atoms with van der Waals surface area (Å²) in [7, 11) is 0. The molecule has 0 spiro atoms. The molecule has 0 radical (unpaired) electrons. The Morgan fingerprint density at radius 1 is 1.03 bits per heavy atom. The Morgan fingerprint density at radius 2 is 1.67 bits per heavy atom. The SMILES string of the molecule is CCc1ccc(NC(=O)COc2ccc(/C=C3\SC(=S)N(c4ccc(CC)cc4)C3=O)cc2Cl)cc1. The molecule has 2 amide bonds. The quantitative estimate of drug-likeness (QED) is 0.251. The van der Waals surface area contributed by atoms with Crippen LogP contribution in [0.4, 0.5) is 11.4 Å². The van der Waals surface area contributed by atoms with Crippen molar-refractivity contribution in [1.82, 2.24) is 0 Å². The van der Waals surface area contributed by atoms with Crippen LogP contribution < -0.4 is 15.0 Å². The number of benzene rings is 3. The highest BCUT2D eigenvalue weighted by Crippen LogP contribution is 2.37. The molecule has 0 unspecified atom stereocenters. The van der Waals surface area contributed by atoms with Gasteiger partial charge in [0.15, 0.2) is 10.9 Å². The molecule has 0 atom stereocenters. The van der Waals surface area contributed by atoms with E-state index >= 15 is 0 Å². The second-order valence-electron chi connectivity index (χ2n) is 8.11. The maximum Gasteiger partial charge on any atom is 0.270 e. The van der Waals surface area contributed by atoms with Gasteiger partial charge in [-0.3, -0.25) is 14.5 Å². The van der Waals surface area contributed by atoms with E-state index in [2.05, 4.69) is 19.2 Å². The second kappa shape index (κ2) is 11.7. The van der Waals surface area contributed by atoms with Gasteiger partial charge in [-0.25, -0.2) is 0 Å². The molecule has 3 aromatic rings.